The third-order valence-electron chi connectivity index (χ3n) is 6.91. The van der Waals surface area contributed by atoms with E-state index >= 15 is 0 Å². The minimum atomic E-state index is -3.55. The maximum atomic E-state index is 7.68. The van der Waals surface area contributed by atoms with Gasteiger partial charge >= 0.3 is 206 Å². The van der Waals surface area contributed by atoms with Crippen LogP contribution in [-0.4, -0.2) is 0 Å². The van der Waals surface area contributed by atoms with Gasteiger partial charge in [-0.1, -0.05) is 0 Å². The van der Waals surface area contributed by atoms with Crippen molar-refractivity contribution in [2.75, 3.05) is 0 Å². The Labute approximate surface area is 205 Å². The predicted octanol–water partition coefficient (Wildman–Crippen LogP) is 6.53. The molecule has 166 valence electrons. The molecule has 0 fully saturated rings. The molecule has 3 heteroatoms. The molecule has 0 aromatic heterocycles. The number of benzene rings is 5. The zero-order valence-electron chi connectivity index (χ0n) is 18.6. The van der Waals surface area contributed by atoms with E-state index in [1.165, 1.54) is 26.8 Å². The summed E-state index contributed by atoms with van der Waals surface area (Å²) in [7, 11) is 0. The van der Waals surface area contributed by atoms with E-state index in [0.29, 0.717) is 0 Å². The van der Waals surface area contributed by atoms with Crippen molar-refractivity contribution in [3.8, 4) is 0 Å². The van der Waals surface area contributed by atoms with E-state index in [-0.39, 0.29) is 6.10 Å². The molecule has 0 bridgehead atoms. The monoisotopic (exact) mass is 478 g/mol. The summed E-state index contributed by atoms with van der Waals surface area (Å²) in [5.41, 5.74) is 2.31. The van der Waals surface area contributed by atoms with Gasteiger partial charge in [0.05, 0.1) is 0 Å². The van der Waals surface area contributed by atoms with Crippen LogP contribution >= 0.6 is 18.4 Å². The summed E-state index contributed by atoms with van der Waals surface area (Å²) in [6, 6.07) is 49.2. The van der Waals surface area contributed by atoms with Gasteiger partial charge in [-0.05, 0) is 0 Å². The Hall–Kier alpha value is -3.22. The summed E-state index contributed by atoms with van der Waals surface area (Å²) in [5.74, 6) is 0. The molecule has 0 amide bonds. The number of fused-ring (bicyclic) bond motifs is 1. The van der Waals surface area contributed by atoms with E-state index in [4.69, 9.17) is 16.1 Å². The molecule has 5 aromatic carbocycles. The number of halogens is 1. The first kappa shape index (κ1) is 21.3. The van der Waals surface area contributed by atoms with E-state index in [9.17, 15) is 0 Å². The summed E-state index contributed by atoms with van der Waals surface area (Å²) >= 11 is 6.26. The molecule has 1 unspecified atom stereocenters. The third kappa shape index (κ3) is 2.88. The van der Waals surface area contributed by atoms with Crippen LogP contribution in [0.15, 0.2) is 140 Å². The summed E-state index contributed by atoms with van der Waals surface area (Å²) in [6.07, 6.45) is -0.216. The zero-order chi connectivity index (χ0) is 23.0. The first-order valence-electron chi connectivity index (χ1n) is 11.5. The molecule has 0 aliphatic carbocycles. The molecule has 0 spiro atoms. The van der Waals surface area contributed by atoms with Crippen LogP contribution in [0.25, 0.3) is 0 Å². The van der Waals surface area contributed by atoms with Crippen molar-refractivity contribution in [1.29, 1.82) is 0 Å². The molecule has 0 saturated heterocycles. The molecule has 6 rings (SSSR count). The number of rotatable bonds is 4. The Morgan fingerprint density at radius 1 is 0.500 bits per heavy atom. The SMILES string of the molecule is Clc1ccc(C2OP(c3ccccc3)(c3ccccc3)(c3ccccc3)c3ccccc32)cc1. The van der Waals surface area contributed by atoms with Crippen molar-refractivity contribution >= 4 is 39.6 Å². The van der Waals surface area contributed by atoms with Gasteiger partial charge in [-0.25, -0.2) is 0 Å². The van der Waals surface area contributed by atoms with E-state index < -0.39 is 6.83 Å². The third-order valence-corrected chi connectivity index (χ3v) is 13.0. The predicted molar refractivity (Wildman–Crippen MR) is 146 cm³/mol. The second kappa shape index (κ2) is 8.22. The van der Waals surface area contributed by atoms with Gasteiger partial charge in [0.1, 0.15) is 0 Å². The topological polar surface area (TPSA) is 9.23 Å². The molecule has 0 N–H and O–H groups in total. The first-order valence-corrected chi connectivity index (χ1v) is 14.0. The maximum absolute atomic E-state index is 7.68. The molecule has 34 heavy (non-hydrogen) atoms. The molecule has 0 saturated carbocycles. The summed E-state index contributed by atoms with van der Waals surface area (Å²) in [5, 5.41) is 5.60. The van der Waals surface area contributed by atoms with Crippen LogP contribution < -0.4 is 21.2 Å². The molecular formula is C31H24ClOP. The van der Waals surface area contributed by atoms with Crippen LogP contribution in [0.5, 0.6) is 0 Å². The standard InChI is InChI=1S/C31H24ClOP/c32-25-22-20-24(21-23-25)31-29-18-10-11-19-30(29)34(33-31,26-12-4-1-5-13-26,27-14-6-2-7-15-27)28-16-8-3-9-17-28/h1-23,31H. The summed E-state index contributed by atoms with van der Waals surface area (Å²) in [6.45, 7) is -3.55. The van der Waals surface area contributed by atoms with Gasteiger partial charge in [0.2, 0.25) is 0 Å². The van der Waals surface area contributed by atoms with Crippen LogP contribution in [0.2, 0.25) is 5.02 Å². The van der Waals surface area contributed by atoms with Crippen LogP contribution in [0.4, 0.5) is 0 Å². The fourth-order valence-electron chi connectivity index (χ4n) is 5.48. The van der Waals surface area contributed by atoms with Crippen molar-refractivity contribution in [2.24, 2.45) is 0 Å². The van der Waals surface area contributed by atoms with E-state index in [0.717, 1.165) is 10.6 Å². The number of hydrogen-bond acceptors (Lipinski definition) is 1. The van der Waals surface area contributed by atoms with E-state index in [2.05, 4.69) is 127 Å². The van der Waals surface area contributed by atoms with Gasteiger partial charge in [0, 0.05) is 0 Å². The fraction of sp³-hybridized carbons (Fsp3) is 0.0323. The van der Waals surface area contributed by atoms with Crippen LogP contribution in [0, 0.1) is 0 Å². The normalized spacial score (nSPS) is 19.0. The van der Waals surface area contributed by atoms with Crippen molar-refractivity contribution in [2.45, 2.75) is 6.10 Å². The molecule has 1 heterocycles. The quantitative estimate of drug-likeness (QED) is 0.267. The Kier molecular flexibility index (Phi) is 5.15. The zero-order valence-corrected chi connectivity index (χ0v) is 20.2. The van der Waals surface area contributed by atoms with Crippen molar-refractivity contribution in [3.05, 3.63) is 156 Å². The molecule has 0 radical (unpaired) electrons. The van der Waals surface area contributed by atoms with Gasteiger partial charge < -0.3 is 0 Å². The second-order valence-corrected chi connectivity index (χ2v) is 13.4. The molecule has 5 aromatic rings. The van der Waals surface area contributed by atoms with Crippen LogP contribution in [0.1, 0.15) is 17.2 Å². The van der Waals surface area contributed by atoms with Crippen molar-refractivity contribution < 1.29 is 4.52 Å². The van der Waals surface area contributed by atoms with Crippen LogP contribution in [-0.2, 0) is 4.52 Å². The molecule has 1 atom stereocenters. The fourth-order valence-corrected chi connectivity index (χ4v) is 11.8. The Morgan fingerprint density at radius 3 is 1.44 bits per heavy atom. The molecular weight excluding hydrogens is 455 g/mol. The summed E-state index contributed by atoms with van der Waals surface area (Å²) in [4.78, 5) is 0. The summed E-state index contributed by atoms with van der Waals surface area (Å²) < 4.78 is 7.68. The van der Waals surface area contributed by atoms with Gasteiger partial charge in [0.25, 0.3) is 0 Å². The average Bonchev–Trinajstić information content (AvgIpc) is 3.25. The van der Waals surface area contributed by atoms with Gasteiger partial charge in [-0.15, -0.1) is 0 Å². The van der Waals surface area contributed by atoms with E-state index in [1.54, 1.807) is 0 Å². The van der Waals surface area contributed by atoms with Crippen molar-refractivity contribution in [1.82, 2.24) is 0 Å². The average molecular weight is 479 g/mol. The molecule has 1 aliphatic heterocycles. The Morgan fingerprint density at radius 2 is 0.941 bits per heavy atom. The van der Waals surface area contributed by atoms with Gasteiger partial charge in [-0.3, -0.25) is 0 Å². The van der Waals surface area contributed by atoms with E-state index in [1.807, 2.05) is 12.1 Å². The Balaban J connectivity index is 1.80. The minimum absolute atomic E-state index is 0.216. The molecule has 1 nitrogen and oxygen atoms in total. The second-order valence-electron chi connectivity index (χ2n) is 8.64. The number of hydrogen-bond donors (Lipinski definition) is 0. The molecule has 1 aliphatic rings. The van der Waals surface area contributed by atoms with Crippen LogP contribution in [0.3, 0.4) is 0 Å². The van der Waals surface area contributed by atoms with Crippen molar-refractivity contribution in [3.63, 3.8) is 0 Å². The van der Waals surface area contributed by atoms with Gasteiger partial charge in [-0.2, -0.15) is 0 Å². The Bertz CT molecular complexity index is 1330. The van der Waals surface area contributed by atoms with Gasteiger partial charge in [0.15, 0.2) is 0 Å². The first-order chi connectivity index (χ1) is 16.7.